The van der Waals surface area contributed by atoms with Gasteiger partial charge in [-0.25, -0.2) is 9.78 Å². The number of hydrogen-bond donors (Lipinski definition) is 1. The van der Waals surface area contributed by atoms with Crippen LogP contribution in [-0.4, -0.2) is 29.9 Å². The zero-order valence-electron chi connectivity index (χ0n) is 14.9. The van der Waals surface area contributed by atoms with Crippen LogP contribution < -0.4 is 5.32 Å². The highest BCUT2D eigenvalue weighted by molar-refractivity contribution is 7.13. The Morgan fingerprint density at radius 2 is 1.96 bits per heavy atom. The van der Waals surface area contributed by atoms with E-state index in [1.807, 2.05) is 12.1 Å². The van der Waals surface area contributed by atoms with Gasteiger partial charge in [-0.1, -0.05) is 45.0 Å². The summed E-state index contributed by atoms with van der Waals surface area (Å²) in [6, 6.07) is 7.33. The van der Waals surface area contributed by atoms with Crippen molar-refractivity contribution < 1.29 is 14.3 Å². The Bertz CT molecular complexity index is 708. The van der Waals surface area contributed by atoms with E-state index in [1.165, 1.54) is 11.3 Å². The molecule has 2 aromatic rings. The van der Waals surface area contributed by atoms with Crippen molar-refractivity contribution in [1.82, 2.24) is 4.98 Å². The molecule has 0 saturated heterocycles. The minimum absolute atomic E-state index is 0.221. The first-order chi connectivity index (χ1) is 12.0. The number of aromatic nitrogens is 1. The minimum Gasteiger partial charge on any atom is -0.453 e. The molecule has 0 unspecified atom stereocenters. The maximum atomic E-state index is 12.1. The predicted octanol–water partition coefficient (Wildman–Crippen LogP) is 4.20. The van der Waals surface area contributed by atoms with E-state index in [9.17, 15) is 9.59 Å². The quantitative estimate of drug-likeness (QED) is 0.536. The van der Waals surface area contributed by atoms with Crippen LogP contribution in [-0.2, 0) is 11.2 Å². The molecular formula is C19H24N2O3S. The maximum Gasteiger partial charge on any atom is 0.358 e. The van der Waals surface area contributed by atoms with Crippen LogP contribution in [0.4, 0.5) is 5.13 Å². The highest BCUT2D eigenvalue weighted by atomic mass is 32.1. The number of thiazole rings is 1. The van der Waals surface area contributed by atoms with Crippen LogP contribution in [0.25, 0.3) is 0 Å². The zero-order valence-corrected chi connectivity index (χ0v) is 15.7. The molecule has 0 bridgehead atoms. The Kier molecular flexibility index (Phi) is 7.13. The van der Waals surface area contributed by atoms with Gasteiger partial charge in [-0.15, -0.1) is 11.3 Å². The molecule has 1 aromatic heterocycles. The topological polar surface area (TPSA) is 68.3 Å². The number of benzene rings is 1. The molecule has 0 saturated carbocycles. The number of rotatable bonds is 9. The molecule has 0 aliphatic rings. The summed E-state index contributed by atoms with van der Waals surface area (Å²) in [6.07, 6.45) is 1.95. The standard InChI is InChI=1S/C19H24N2O3S/c1-4-14-5-7-15(8-6-14)17(22)11-24-18(23)16-12-25-19(21-16)20-10-9-13(2)3/h5-8,12-13H,4,9-11H2,1-3H3,(H,20,21). The van der Waals surface area contributed by atoms with Gasteiger partial charge in [-0.3, -0.25) is 4.79 Å². The van der Waals surface area contributed by atoms with Crippen LogP contribution in [0.15, 0.2) is 29.6 Å². The highest BCUT2D eigenvalue weighted by Crippen LogP contribution is 2.16. The molecule has 1 heterocycles. The summed E-state index contributed by atoms with van der Waals surface area (Å²) in [5.74, 6) is -0.192. The van der Waals surface area contributed by atoms with E-state index < -0.39 is 5.97 Å². The second-order valence-electron chi connectivity index (χ2n) is 6.20. The molecule has 0 amide bonds. The number of esters is 1. The van der Waals surface area contributed by atoms with Crippen LogP contribution in [0.1, 0.15) is 53.6 Å². The molecular weight excluding hydrogens is 336 g/mol. The van der Waals surface area contributed by atoms with E-state index in [1.54, 1.807) is 17.5 Å². The van der Waals surface area contributed by atoms with Gasteiger partial charge < -0.3 is 10.1 Å². The van der Waals surface area contributed by atoms with E-state index in [0.717, 1.165) is 24.9 Å². The SMILES string of the molecule is CCc1ccc(C(=O)COC(=O)c2csc(NCCC(C)C)n2)cc1. The molecule has 0 spiro atoms. The molecule has 0 fully saturated rings. The fraction of sp³-hybridized carbons (Fsp3) is 0.421. The number of aryl methyl sites for hydroxylation is 1. The normalized spacial score (nSPS) is 10.7. The van der Waals surface area contributed by atoms with Gasteiger partial charge >= 0.3 is 5.97 Å². The number of carbonyl (C=O) groups excluding carboxylic acids is 2. The van der Waals surface area contributed by atoms with Crippen molar-refractivity contribution in [3.8, 4) is 0 Å². The first kappa shape index (κ1) is 19.1. The van der Waals surface area contributed by atoms with Crippen molar-refractivity contribution in [3.05, 3.63) is 46.5 Å². The summed E-state index contributed by atoms with van der Waals surface area (Å²) in [5.41, 5.74) is 1.93. The average Bonchev–Trinajstić information content (AvgIpc) is 3.08. The molecule has 5 nitrogen and oxygen atoms in total. The molecule has 0 aliphatic carbocycles. The van der Waals surface area contributed by atoms with E-state index in [0.29, 0.717) is 16.6 Å². The van der Waals surface area contributed by atoms with Gasteiger partial charge in [0.1, 0.15) is 0 Å². The number of nitrogens with one attached hydrogen (secondary N) is 1. The minimum atomic E-state index is -0.577. The predicted molar refractivity (Wildman–Crippen MR) is 100 cm³/mol. The van der Waals surface area contributed by atoms with Gasteiger partial charge in [0, 0.05) is 17.5 Å². The average molecular weight is 360 g/mol. The Morgan fingerprint density at radius 3 is 2.60 bits per heavy atom. The first-order valence-electron chi connectivity index (χ1n) is 8.48. The van der Waals surface area contributed by atoms with Gasteiger partial charge in [0.05, 0.1) is 0 Å². The molecule has 1 aromatic carbocycles. The molecule has 6 heteroatoms. The van der Waals surface area contributed by atoms with E-state index >= 15 is 0 Å². The van der Waals surface area contributed by atoms with Gasteiger partial charge in [0.15, 0.2) is 23.2 Å². The molecule has 2 rings (SSSR count). The van der Waals surface area contributed by atoms with Gasteiger partial charge in [-0.05, 0) is 24.3 Å². The Balaban J connectivity index is 1.83. The Morgan fingerprint density at radius 1 is 1.24 bits per heavy atom. The first-order valence-corrected chi connectivity index (χ1v) is 9.36. The van der Waals surface area contributed by atoms with Crippen LogP contribution in [0.3, 0.4) is 0 Å². The zero-order chi connectivity index (χ0) is 18.2. The van der Waals surface area contributed by atoms with Crippen molar-refractivity contribution in [2.75, 3.05) is 18.5 Å². The lowest BCUT2D eigenvalue weighted by molar-refractivity contribution is 0.0470. The number of Topliss-reactive ketones (excluding diaryl/α,β-unsaturated/α-hetero) is 1. The fourth-order valence-electron chi connectivity index (χ4n) is 2.13. The van der Waals surface area contributed by atoms with Gasteiger partial charge in [-0.2, -0.15) is 0 Å². The van der Waals surface area contributed by atoms with Crippen molar-refractivity contribution >= 4 is 28.2 Å². The Labute approximate surface area is 152 Å². The number of ketones is 1. The van der Waals surface area contributed by atoms with Crippen LogP contribution in [0, 0.1) is 5.92 Å². The second-order valence-corrected chi connectivity index (χ2v) is 7.06. The number of hydrogen-bond acceptors (Lipinski definition) is 6. The second kappa shape index (κ2) is 9.32. The third-order valence-electron chi connectivity index (χ3n) is 3.73. The molecule has 0 radical (unpaired) electrons. The smallest absolute Gasteiger partial charge is 0.358 e. The van der Waals surface area contributed by atoms with Crippen molar-refractivity contribution in [2.24, 2.45) is 5.92 Å². The summed E-state index contributed by atoms with van der Waals surface area (Å²) in [7, 11) is 0. The molecule has 0 atom stereocenters. The lowest BCUT2D eigenvalue weighted by Gasteiger charge is -2.05. The van der Waals surface area contributed by atoms with Gasteiger partial charge in [0.25, 0.3) is 0 Å². The number of carbonyl (C=O) groups is 2. The summed E-state index contributed by atoms with van der Waals surface area (Å²) >= 11 is 1.36. The van der Waals surface area contributed by atoms with Crippen molar-refractivity contribution in [3.63, 3.8) is 0 Å². The van der Waals surface area contributed by atoms with Crippen molar-refractivity contribution in [2.45, 2.75) is 33.6 Å². The van der Waals surface area contributed by atoms with E-state index in [-0.39, 0.29) is 18.1 Å². The molecule has 1 N–H and O–H groups in total. The summed E-state index contributed by atoms with van der Waals surface area (Å²) in [5, 5.41) is 5.51. The summed E-state index contributed by atoms with van der Waals surface area (Å²) < 4.78 is 5.08. The van der Waals surface area contributed by atoms with Crippen LogP contribution in [0.2, 0.25) is 0 Å². The van der Waals surface area contributed by atoms with Crippen LogP contribution >= 0.6 is 11.3 Å². The number of nitrogens with zero attached hydrogens (tertiary/aromatic N) is 1. The fourth-order valence-corrected chi connectivity index (χ4v) is 2.84. The third-order valence-corrected chi connectivity index (χ3v) is 4.53. The summed E-state index contributed by atoms with van der Waals surface area (Å²) in [6.45, 7) is 6.89. The van der Waals surface area contributed by atoms with Crippen LogP contribution in [0.5, 0.6) is 0 Å². The lowest BCUT2D eigenvalue weighted by atomic mass is 10.1. The van der Waals surface area contributed by atoms with Crippen molar-refractivity contribution in [1.29, 1.82) is 0 Å². The maximum absolute atomic E-state index is 12.1. The summed E-state index contributed by atoms with van der Waals surface area (Å²) in [4.78, 5) is 28.3. The monoisotopic (exact) mass is 360 g/mol. The molecule has 134 valence electrons. The lowest BCUT2D eigenvalue weighted by Crippen LogP contribution is -2.14. The molecule has 25 heavy (non-hydrogen) atoms. The number of ether oxygens (including phenoxy) is 1. The number of anilines is 1. The highest BCUT2D eigenvalue weighted by Gasteiger charge is 2.15. The van der Waals surface area contributed by atoms with E-state index in [2.05, 4.69) is 31.1 Å². The third kappa shape index (κ3) is 5.98. The van der Waals surface area contributed by atoms with E-state index in [4.69, 9.17) is 4.74 Å². The molecule has 0 aliphatic heterocycles. The Hall–Kier alpha value is -2.21. The largest absolute Gasteiger partial charge is 0.453 e. The van der Waals surface area contributed by atoms with Gasteiger partial charge in [0.2, 0.25) is 0 Å².